The van der Waals surface area contributed by atoms with Gasteiger partial charge in [0.15, 0.2) is 0 Å². The molecule has 1 nitrogen and oxygen atoms in total. The Morgan fingerprint density at radius 3 is 2.67 bits per heavy atom. The van der Waals surface area contributed by atoms with Crippen LogP contribution < -0.4 is 0 Å². The highest BCUT2D eigenvalue weighted by Gasteiger charge is 2.37. The van der Waals surface area contributed by atoms with E-state index in [1.807, 2.05) is 0 Å². The zero-order valence-electron chi connectivity index (χ0n) is 8.26. The smallest absolute Gasteiger partial charge is 0.137 e. The van der Waals surface area contributed by atoms with Gasteiger partial charge in [0.05, 0.1) is 16.0 Å². The molecule has 0 saturated heterocycles. The molecule has 0 N–H and O–H groups in total. The van der Waals surface area contributed by atoms with Crippen LogP contribution in [0.15, 0.2) is 22.7 Å². The Morgan fingerprint density at radius 2 is 2.20 bits per heavy atom. The van der Waals surface area contributed by atoms with Gasteiger partial charge in [-0.3, -0.25) is 0 Å². The Hall–Kier alpha value is -0.880. The van der Waals surface area contributed by atoms with Crippen LogP contribution in [0.4, 0.5) is 4.39 Å². The third kappa shape index (κ3) is 2.05. The van der Waals surface area contributed by atoms with Gasteiger partial charge >= 0.3 is 0 Å². The summed E-state index contributed by atoms with van der Waals surface area (Å²) >= 11 is 3.16. The van der Waals surface area contributed by atoms with Crippen LogP contribution in [-0.4, -0.2) is 0 Å². The van der Waals surface area contributed by atoms with E-state index >= 15 is 0 Å². The monoisotopic (exact) mass is 267 g/mol. The SMILES string of the molecule is N#CC1(Cc2ccc(F)c(Br)c2)CCC1. The summed E-state index contributed by atoms with van der Waals surface area (Å²) in [5.74, 6) is -0.252. The van der Waals surface area contributed by atoms with Gasteiger partial charge < -0.3 is 0 Å². The Bertz CT molecular complexity index is 418. The van der Waals surface area contributed by atoms with Crippen molar-refractivity contribution in [2.75, 3.05) is 0 Å². The first kappa shape index (κ1) is 10.6. The third-order valence-corrected chi connectivity index (χ3v) is 3.68. The maximum atomic E-state index is 13.0. The number of nitrogens with zero attached hydrogens (tertiary/aromatic N) is 1. The first-order valence-electron chi connectivity index (χ1n) is 5.00. The molecular formula is C12H11BrFN. The Morgan fingerprint density at radius 1 is 1.47 bits per heavy atom. The van der Waals surface area contributed by atoms with Crippen molar-refractivity contribution in [3.8, 4) is 6.07 Å². The van der Waals surface area contributed by atoms with Crippen molar-refractivity contribution in [1.29, 1.82) is 5.26 Å². The summed E-state index contributed by atoms with van der Waals surface area (Å²) in [5.41, 5.74) is 0.849. The Balaban J connectivity index is 2.18. The average Bonchev–Trinajstić information content (AvgIpc) is 2.17. The molecule has 1 fully saturated rings. The van der Waals surface area contributed by atoms with E-state index in [1.165, 1.54) is 6.07 Å². The van der Waals surface area contributed by atoms with Crippen LogP contribution in [0.25, 0.3) is 0 Å². The second-order valence-electron chi connectivity index (χ2n) is 4.17. The summed E-state index contributed by atoms with van der Waals surface area (Å²) in [6.45, 7) is 0. The van der Waals surface area contributed by atoms with Crippen molar-refractivity contribution in [3.05, 3.63) is 34.1 Å². The molecule has 78 valence electrons. The van der Waals surface area contributed by atoms with Gasteiger partial charge in [-0.15, -0.1) is 0 Å². The zero-order chi connectivity index (χ0) is 10.9. The summed E-state index contributed by atoms with van der Waals surface area (Å²) in [4.78, 5) is 0. The fraction of sp³-hybridized carbons (Fsp3) is 0.417. The maximum Gasteiger partial charge on any atom is 0.137 e. The molecule has 1 aromatic carbocycles. The van der Waals surface area contributed by atoms with E-state index in [2.05, 4.69) is 22.0 Å². The lowest BCUT2D eigenvalue weighted by Crippen LogP contribution is -2.29. The Labute approximate surface area is 97.0 Å². The van der Waals surface area contributed by atoms with Crippen molar-refractivity contribution >= 4 is 15.9 Å². The summed E-state index contributed by atoms with van der Waals surface area (Å²) in [5, 5.41) is 9.09. The molecule has 2 rings (SSSR count). The maximum absolute atomic E-state index is 13.0. The van der Waals surface area contributed by atoms with Gasteiger partial charge in [-0.25, -0.2) is 4.39 Å². The second kappa shape index (κ2) is 3.94. The van der Waals surface area contributed by atoms with E-state index in [4.69, 9.17) is 5.26 Å². The highest BCUT2D eigenvalue weighted by molar-refractivity contribution is 9.10. The lowest BCUT2D eigenvalue weighted by atomic mass is 9.66. The number of rotatable bonds is 2. The molecule has 0 bridgehead atoms. The molecule has 0 spiro atoms. The fourth-order valence-electron chi connectivity index (χ4n) is 1.97. The number of benzene rings is 1. The number of hydrogen-bond acceptors (Lipinski definition) is 1. The van der Waals surface area contributed by atoms with Gasteiger partial charge in [0.25, 0.3) is 0 Å². The summed E-state index contributed by atoms with van der Waals surface area (Å²) in [6.07, 6.45) is 3.81. The Kier molecular flexibility index (Phi) is 2.79. The summed E-state index contributed by atoms with van der Waals surface area (Å²) < 4.78 is 13.5. The molecule has 3 heteroatoms. The zero-order valence-corrected chi connectivity index (χ0v) is 9.85. The molecule has 0 heterocycles. The van der Waals surface area contributed by atoms with E-state index in [0.717, 1.165) is 31.2 Å². The molecule has 0 atom stereocenters. The number of halogens is 2. The molecule has 0 aromatic heterocycles. The standard InChI is InChI=1S/C12H11BrFN/c13-10-6-9(2-3-11(10)14)7-12(8-15)4-1-5-12/h2-3,6H,1,4-5,7H2. The number of nitriles is 1. The average molecular weight is 268 g/mol. The third-order valence-electron chi connectivity index (χ3n) is 3.07. The molecule has 0 amide bonds. The molecule has 1 aliphatic carbocycles. The molecule has 0 radical (unpaired) electrons. The van der Waals surface area contributed by atoms with E-state index in [-0.39, 0.29) is 11.2 Å². The van der Waals surface area contributed by atoms with Crippen LogP contribution in [0.1, 0.15) is 24.8 Å². The van der Waals surface area contributed by atoms with Crippen molar-refractivity contribution in [3.63, 3.8) is 0 Å². The van der Waals surface area contributed by atoms with E-state index in [9.17, 15) is 4.39 Å². The van der Waals surface area contributed by atoms with Crippen molar-refractivity contribution in [1.82, 2.24) is 0 Å². The first-order chi connectivity index (χ1) is 7.15. The lowest BCUT2D eigenvalue weighted by Gasteiger charge is -2.35. The minimum atomic E-state index is -0.252. The minimum absolute atomic E-state index is 0.183. The highest BCUT2D eigenvalue weighted by atomic mass is 79.9. The highest BCUT2D eigenvalue weighted by Crippen LogP contribution is 2.43. The van der Waals surface area contributed by atoms with Gasteiger partial charge in [-0.2, -0.15) is 5.26 Å². The quantitative estimate of drug-likeness (QED) is 0.799. The van der Waals surface area contributed by atoms with E-state index in [0.29, 0.717) is 4.47 Å². The molecule has 1 aliphatic rings. The van der Waals surface area contributed by atoms with Crippen LogP contribution in [0, 0.1) is 22.6 Å². The minimum Gasteiger partial charge on any atom is -0.206 e. The van der Waals surface area contributed by atoms with E-state index in [1.54, 1.807) is 12.1 Å². The van der Waals surface area contributed by atoms with Crippen LogP contribution in [0.5, 0.6) is 0 Å². The first-order valence-corrected chi connectivity index (χ1v) is 5.80. The van der Waals surface area contributed by atoms with Crippen LogP contribution in [0.2, 0.25) is 0 Å². The van der Waals surface area contributed by atoms with Gasteiger partial charge in [0.2, 0.25) is 0 Å². The largest absolute Gasteiger partial charge is 0.206 e. The van der Waals surface area contributed by atoms with Crippen LogP contribution in [-0.2, 0) is 6.42 Å². The van der Waals surface area contributed by atoms with Crippen molar-refractivity contribution < 1.29 is 4.39 Å². The molecule has 1 aromatic rings. The van der Waals surface area contributed by atoms with Crippen molar-refractivity contribution in [2.24, 2.45) is 5.41 Å². The predicted octanol–water partition coefficient (Wildman–Crippen LogP) is 3.82. The lowest BCUT2D eigenvalue weighted by molar-refractivity contribution is 0.214. The summed E-state index contributed by atoms with van der Waals surface area (Å²) in [6, 6.07) is 7.37. The topological polar surface area (TPSA) is 23.8 Å². The van der Waals surface area contributed by atoms with Gasteiger partial charge in [-0.05, 0) is 52.9 Å². The van der Waals surface area contributed by atoms with Gasteiger partial charge in [0.1, 0.15) is 5.82 Å². The van der Waals surface area contributed by atoms with Gasteiger partial charge in [0, 0.05) is 0 Å². The normalized spacial score (nSPS) is 17.9. The van der Waals surface area contributed by atoms with Crippen molar-refractivity contribution in [2.45, 2.75) is 25.7 Å². The molecular weight excluding hydrogens is 257 g/mol. The molecule has 15 heavy (non-hydrogen) atoms. The van der Waals surface area contributed by atoms with Crippen LogP contribution in [0.3, 0.4) is 0 Å². The molecule has 0 unspecified atom stereocenters. The predicted molar refractivity (Wildman–Crippen MR) is 59.7 cm³/mol. The molecule has 0 aliphatic heterocycles. The summed E-state index contributed by atoms with van der Waals surface area (Å²) in [7, 11) is 0. The second-order valence-corrected chi connectivity index (χ2v) is 5.03. The van der Waals surface area contributed by atoms with E-state index < -0.39 is 0 Å². The molecule has 1 saturated carbocycles. The number of hydrogen-bond donors (Lipinski definition) is 0. The van der Waals surface area contributed by atoms with Gasteiger partial charge in [-0.1, -0.05) is 12.5 Å². The fourth-order valence-corrected chi connectivity index (χ4v) is 2.40. The van der Waals surface area contributed by atoms with Crippen LogP contribution >= 0.6 is 15.9 Å².